The zero-order chi connectivity index (χ0) is 15.5. The van der Waals surface area contributed by atoms with E-state index >= 15 is 0 Å². The molecule has 0 aliphatic rings. The maximum Gasteiger partial charge on any atom is 0.243 e. The largest absolute Gasteiger partial charge is 0.367 e. The molecule has 6 heteroatoms. The van der Waals surface area contributed by atoms with Gasteiger partial charge in [-0.1, -0.05) is 44.2 Å². The van der Waals surface area contributed by atoms with Crippen molar-refractivity contribution in [2.24, 2.45) is 0 Å². The van der Waals surface area contributed by atoms with Gasteiger partial charge in [0.15, 0.2) is 11.5 Å². The van der Waals surface area contributed by atoms with Crippen LogP contribution in [0.15, 0.2) is 36.5 Å². The van der Waals surface area contributed by atoms with E-state index in [4.69, 9.17) is 11.6 Å². The van der Waals surface area contributed by atoms with Crippen LogP contribution in [0.1, 0.15) is 31.0 Å². The van der Waals surface area contributed by atoms with Crippen LogP contribution in [0.2, 0.25) is 5.28 Å². The van der Waals surface area contributed by atoms with Crippen molar-refractivity contribution >= 4 is 23.1 Å². The molecule has 0 amide bonds. The smallest absolute Gasteiger partial charge is 0.243 e. The molecule has 0 saturated heterocycles. The number of fused-ring (bicyclic) bond motifs is 1. The van der Waals surface area contributed by atoms with Crippen LogP contribution in [-0.2, 0) is 6.42 Å². The summed E-state index contributed by atoms with van der Waals surface area (Å²) in [5.41, 5.74) is 3.00. The van der Waals surface area contributed by atoms with E-state index in [2.05, 4.69) is 46.4 Å². The zero-order valence-corrected chi connectivity index (χ0v) is 13.4. The minimum Gasteiger partial charge on any atom is -0.367 e. The number of nitrogens with one attached hydrogen (secondary N) is 1. The van der Waals surface area contributed by atoms with Crippen molar-refractivity contribution in [2.75, 3.05) is 11.9 Å². The SMILES string of the molecule is CC(C)c1cnc2c(NCCc3ccccc3)nc(Cl)nn12. The zero-order valence-electron chi connectivity index (χ0n) is 12.6. The van der Waals surface area contributed by atoms with E-state index in [1.807, 2.05) is 24.4 Å². The molecule has 114 valence electrons. The molecule has 0 saturated carbocycles. The van der Waals surface area contributed by atoms with E-state index in [0.29, 0.717) is 17.4 Å². The minimum atomic E-state index is 0.217. The predicted molar refractivity (Wildman–Crippen MR) is 88.5 cm³/mol. The minimum absolute atomic E-state index is 0.217. The molecule has 0 bridgehead atoms. The lowest BCUT2D eigenvalue weighted by atomic mass is 10.1. The third kappa shape index (κ3) is 3.04. The average Bonchev–Trinajstić information content (AvgIpc) is 2.92. The lowest BCUT2D eigenvalue weighted by molar-refractivity contribution is 0.751. The molecule has 0 radical (unpaired) electrons. The number of halogens is 1. The Hall–Kier alpha value is -2.14. The molecule has 0 aliphatic heterocycles. The van der Waals surface area contributed by atoms with Crippen LogP contribution >= 0.6 is 11.6 Å². The molecular formula is C16H18ClN5. The standard InChI is InChI=1S/C16H18ClN5/c1-11(2)13-10-19-15-14(20-16(17)21-22(13)15)18-9-8-12-6-4-3-5-7-12/h3-7,10-11H,8-9H2,1-2H3,(H,18,20,21). The molecule has 2 heterocycles. The monoisotopic (exact) mass is 315 g/mol. The van der Waals surface area contributed by atoms with E-state index in [1.54, 1.807) is 4.52 Å². The number of hydrogen-bond acceptors (Lipinski definition) is 4. The average molecular weight is 316 g/mol. The molecule has 0 spiro atoms. The lowest BCUT2D eigenvalue weighted by Crippen LogP contribution is -2.10. The Morgan fingerprint density at radius 1 is 1.23 bits per heavy atom. The van der Waals surface area contributed by atoms with Crippen molar-refractivity contribution in [3.05, 3.63) is 53.1 Å². The van der Waals surface area contributed by atoms with Crippen LogP contribution in [0.5, 0.6) is 0 Å². The van der Waals surface area contributed by atoms with Gasteiger partial charge in [-0.15, -0.1) is 5.10 Å². The molecule has 5 nitrogen and oxygen atoms in total. The van der Waals surface area contributed by atoms with Gasteiger partial charge in [-0.05, 0) is 29.5 Å². The first kappa shape index (κ1) is 14.8. The number of rotatable bonds is 5. The first-order valence-corrected chi connectivity index (χ1v) is 7.72. The van der Waals surface area contributed by atoms with Gasteiger partial charge in [0.2, 0.25) is 5.28 Å². The molecular weight excluding hydrogens is 298 g/mol. The highest BCUT2D eigenvalue weighted by Crippen LogP contribution is 2.20. The normalized spacial score (nSPS) is 11.3. The highest BCUT2D eigenvalue weighted by atomic mass is 35.5. The number of aromatic nitrogens is 4. The molecule has 3 aromatic rings. The van der Waals surface area contributed by atoms with Crippen LogP contribution in [0, 0.1) is 0 Å². The molecule has 1 aromatic carbocycles. The summed E-state index contributed by atoms with van der Waals surface area (Å²) in [4.78, 5) is 8.69. The fourth-order valence-corrected chi connectivity index (χ4v) is 2.51. The summed E-state index contributed by atoms with van der Waals surface area (Å²) in [7, 11) is 0. The van der Waals surface area contributed by atoms with E-state index in [9.17, 15) is 0 Å². The second kappa shape index (κ2) is 6.32. The summed E-state index contributed by atoms with van der Waals surface area (Å²) < 4.78 is 1.77. The van der Waals surface area contributed by atoms with Crippen molar-refractivity contribution in [1.29, 1.82) is 0 Å². The van der Waals surface area contributed by atoms with Crippen molar-refractivity contribution < 1.29 is 0 Å². The first-order chi connectivity index (χ1) is 10.6. The van der Waals surface area contributed by atoms with E-state index in [0.717, 1.165) is 18.7 Å². The number of anilines is 1. The molecule has 0 atom stereocenters. The third-order valence-electron chi connectivity index (χ3n) is 3.50. The maximum absolute atomic E-state index is 6.04. The van der Waals surface area contributed by atoms with E-state index in [-0.39, 0.29) is 5.28 Å². The Morgan fingerprint density at radius 3 is 2.73 bits per heavy atom. The van der Waals surface area contributed by atoms with Crippen molar-refractivity contribution in [1.82, 2.24) is 19.6 Å². The van der Waals surface area contributed by atoms with Crippen LogP contribution in [-0.4, -0.2) is 26.1 Å². The molecule has 1 N–H and O–H groups in total. The molecule has 0 unspecified atom stereocenters. The predicted octanol–water partition coefficient (Wildman–Crippen LogP) is 3.56. The Bertz CT molecular complexity index is 767. The summed E-state index contributed by atoms with van der Waals surface area (Å²) in [5, 5.41) is 7.78. The molecule has 22 heavy (non-hydrogen) atoms. The molecule has 0 aliphatic carbocycles. The quantitative estimate of drug-likeness (QED) is 0.782. The van der Waals surface area contributed by atoms with Crippen molar-refractivity contribution in [2.45, 2.75) is 26.2 Å². The van der Waals surface area contributed by atoms with Gasteiger partial charge in [-0.3, -0.25) is 0 Å². The van der Waals surface area contributed by atoms with Gasteiger partial charge in [0, 0.05) is 6.54 Å². The summed E-state index contributed by atoms with van der Waals surface area (Å²) in [6.45, 7) is 4.96. The summed E-state index contributed by atoms with van der Waals surface area (Å²) in [6, 6.07) is 10.3. The number of nitrogens with zero attached hydrogens (tertiary/aromatic N) is 4. The van der Waals surface area contributed by atoms with Gasteiger partial charge in [0.05, 0.1) is 11.9 Å². The van der Waals surface area contributed by atoms with Crippen LogP contribution in [0.25, 0.3) is 5.65 Å². The Kier molecular flexibility index (Phi) is 4.24. The Morgan fingerprint density at radius 2 is 2.00 bits per heavy atom. The molecule has 3 rings (SSSR count). The van der Waals surface area contributed by atoms with Crippen molar-refractivity contribution in [3.8, 4) is 0 Å². The van der Waals surface area contributed by atoms with Gasteiger partial charge < -0.3 is 5.32 Å². The summed E-state index contributed by atoms with van der Waals surface area (Å²) in [6.07, 6.45) is 2.74. The van der Waals surface area contributed by atoms with Gasteiger partial charge in [0.25, 0.3) is 0 Å². The summed E-state index contributed by atoms with van der Waals surface area (Å²) in [5.74, 6) is 0.987. The highest BCUT2D eigenvalue weighted by Gasteiger charge is 2.14. The van der Waals surface area contributed by atoms with E-state index < -0.39 is 0 Å². The highest BCUT2D eigenvalue weighted by molar-refractivity contribution is 6.28. The number of imidazole rings is 1. The van der Waals surface area contributed by atoms with Gasteiger partial charge in [-0.25, -0.2) is 9.50 Å². The first-order valence-electron chi connectivity index (χ1n) is 7.34. The summed E-state index contributed by atoms with van der Waals surface area (Å²) >= 11 is 6.04. The fourth-order valence-electron chi connectivity index (χ4n) is 2.35. The van der Waals surface area contributed by atoms with Gasteiger partial charge >= 0.3 is 0 Å². The molecule has 2 aromatic heterocycles. The maximum atomic E-state index is 6.04. The third-order valence-corrected chi connectivity index (χ3v) is 3.66. The van der Waals surface area contributed by atoms with Crippen LogP contribution < -0.4 is 5.32 Å². The Labute approximate surface area is 134 Å². The fraction of sp³-hybridized carbons (Fsp3) is 0.312. The van der Waals surface area contributed by atoms with Gasteiger partial charge in [0.1, 0.15) is 0 Å². The van der Waals surface area contributed by atoms with Crippen LogP contribution in [0.3, 0.4) is 0 Å². The van der Waals surface area contributed by atoms with Crippen molar-refractivity contribution in [3.63, 3.8) is 0 Å². The Balaban J connectivity index is 1.81. The topological polar surface area (TPSA) is 55.1 Å². The van der Waals surface area contributed by atoms with Gasteiger partial charge in [-0.2, -0.15) is 4.98 Å². The van der Waals surface area contributed by atoms with E-state index in [1.165, 1.54) is 5.56 Å². The number of benzene rings is 1. The van der Waals surface area contributed by atoms with Crippen LogP contribution in [0.4, 0.5) is 5.82 Å². The lowest BCUT2D eigenvalue weighted by Gasteiger charge is -2.09. The number of hydrogen-bond donors (Lipinski definition) is 1. The molecule has 0 fully saturated rings. The second-order valence-electron chi connectivity index (χ2n) is 5.46. The second-order valence-corrected chi connectivity index (χ2v) is 5.80.